The molecule has 2 aromatic rings. The summed E-state index contributed by atoms with van der Waals surface area (Å²) in [7, 11) is -9.45. The standard InChI is InChI=1S/C11H8N2O5S2/c14-11(19(15,16)9-5-1-3-7-12-9)20(17,18)10-6-2-4-8-13-10/h1-8H. The predicted molar refractivity (Wildman–Crippen MR) is 68.2 cm³/mol. The van der Waals surface area contributed by atoms with Crippen LogP contribution in [0, 0.1) is 0 Å². The molecule has 0 spiro atoms. The van der Waals surface area contributed by atoms with Gasteiger partial charge in [0.2, 0.25) is 0 Å². The Hall–Kier alpha value is -2.13. The van der Waals surface area contributed by atoms with Gasteiger partial charge in [-0.05, 0) is 24.3 Å². The maximum absolute atomic E-state index is 11.9. The van der Waals surface area contributed by atoms with Gasteiger partial charge in [0.15, 0.2) is 10.1 Å². The molecule has 2 aromatic heterocycles. The van der Waals surface area contributed by atoms with Crippen molar-refractivity contribution in [1.29, 1.82) is 0 Å². The van der Waals surface area contributed by atoms with Crippen LogP contribution in [0.2, 0.25) is 0 Å². The molecule has 0 N–H and O–H groups in total. The lowest BCUT2D eigenvalue weighted by atomic mass is 10.5. The zero-order valence-corrected chi connectivity index (χ0v) is 11.5. The van der Waals surface area contributed by atoms with Gasteiger partial charge in [-0.25, -0.2) is 26.8 Å². The SMILES string of the molecule is O=C(S(=O)(=O)c1ccccn1)S(=O)(=O)c1ccccn1. The maximum Gasteiger partial charge on any atom is 0.372 e. The fraction of sp³-hybridized carbons (Fsp3) is 0. The highest BCUT2D eigenvalue weighted by molar-refractivity contribution is 8.30. The van der Waals surface area contributed by atoms with Crippen molar-refractivity contribution in [3.8, 4) is 0 Å². The first kappa shape index (κ1) is 14.3. The molecule has 2 rings (SSSR count). The number of nitrogens with zero attached hydrogens (tertiary/aromatic N) is 2. The summed E-state index contributed by atoms with van der Waals surface area (Å²) in [6, 6.07) is 7.64. The van der Waals surface area contributed by atoms with Gasteiger partial charge in [-0.2, -0.15) is 0 Å². The van der Waals surface area contributed by atoms with Gasteiger partial charge < -0.3 is 0 Å². The molecule has 0 aliphatic carbocycles. The number of carbonyl (C=O) groups excluding carboxylic acids is 1. The van der Waals surface area contributed by atoms with E-state index >= 15 is 0 Å². The largest absolute Gasteiger partial charge is 0.372 e. The highest BCUT2D eigenvalue weighted by Crippen LogP contribution is 2.18. The summed E-state index contributed by atoms with van der Waals surface area (Å²) in [5.41, 5.74) is 0. The van der Waals surface area contributed by atoms with Gasteiger partial charge in [0, 0.05) is 12.4 Å². The van der Waals surface area contributed by atoms with Crippen LogP contribution in [0.25, 0.3) is 0 Å². The third-order valence-corrected chi connectivity index (χ3v) is 6.04. The highest BCUT2D eigenvalue weighted by Gasteiger charge is 2.39. The van der Waals surface area contributed by atoms with E-state index < -0.39 is 34.2 Å². The smallest absolute Gasteiger partial charge is 0.262 e. The van der Waals surface area contributed by atoms with Crippen molar-refractivity contribution >= 4 is 24.1 Å². The predicted octanol–water partition coefficient (Wildman–Crippen LogP) is 0.844. The average molecular weight is 312 g/mol. The monoisotopic (exact) mass is 312 g/mol. The van der Waals surface area contributed by atoms with E-state index in [-0.39, 0.29) is 0 Å². The van der Waals surface area contributed by atoms with Crippen LogP contribution in [0.1, 0.15) is 0 Å². The van der Waals surface area contributed by atoms with Crippen molar-refractivity contribution in [1.82, 2.24) is 9.97 Å². The second-order valence-electron chi connectivity index (χ2n) is 3.59. The lowest BCUT2D eigenvalue weighted by molar-refractivity contribution is 0.272. The molecule has 0 saturated carbocycles. The normalized spacial score (nSPS) is 12.0. The molecular formula is C11H8N2O5S2. The van der Waals surface area contributed by atoms with Gasteiger partial charge in [-0.1, -0.05) is 12.1 Å². The minimum atomic E-state index is -4.72. The summed E-state index contributed by atoms with van der Waals surface area (Å²) in [5, 5.41) is -1.24. The minimum Gasteiger partial charge on any atom is -0.262 e. The molecule has 0 bridgehead atoms. The number of pyridine rings is 2. The Balaban J connectivity index is 2.53. The van der Waals surface area contributed by atoms with Crippen LogP contribution in [-0.2, 0) is 19.7 Å². The number of sulfone groups is 2. The lowest BCUT2D eigenvalue weighted by Crippen LogP contribution is -2.24. The zero-order chi connectivity index (χ0) is 14.8. The van der Waals surface area contributed by atoms with Crippen molar-refractivity contribution in [2.75, 3.05) is 0 Å². The number of hydrogen-bond acceptors (Lipinski definition) is 7. The first-order valence-corrected chi connectivity index (χ1v) is 8.19. The molecule has 0 aliphatic heterocycles. The Bertz CT molecular complexity index is 759. The Morgan fingerprint density at radius 2 is 1.15 bits per heavy atom. The van der Waals surface area contributed by atoms with Crippen molar-refractivity contribution < 1.29 is 21.6 Å². The second-order valence-corrected chi connectivity index (χ2v) is 7.44. The third kappa shape index (κ3) is 2.45. The molecule has 0 atom stereocenters. The van der Waals surface area contributed by atoms with E-state index in [1.807, 2.05) is 0 Å². The third-order valence-electron chi connectivity index (χ3n) is 2.27. The van der Waals surface area contributed by atoms with Gasteiger partial charge >= 0.3 is 4.45 Å². The molecule has 20 heavy (non-hydrogen) atoms. The van der Waals surface area contributed by atoms with E-state index in [1.165, 1.54) is 24.3 Å². The molecule has 0 saturated heterocycles. The molecule has 0 aromatic carbocycles. The quantitative estimate of drug-likeness (QED) is 0.807. The number of carbonyl (C=O) groups is 1. The molecule has 0 unspecified atom stereocenters. The Morgan fingerprint density at radius 1 is 0.750 bits per heavy atom. The molecule has 7 nitrogen and oxygen atoms in total. The van der Waals surface area contributed by atoms with Crippen LogP contribution in [0.3, 0.4) is 0 Å². The first-order chi connectivity index (χ1) is 9.37. The second kappa shape index (κ2) is 5.10. The van der Waals surface area contributed by atoms with Crippen molar-refractivity contribution in [3.63, 3.8) is 0 Å². The summed E-state index contributed by atoms with van der Waals surface area (Å²) in [4.78, 5) is 18.8. The van der Waals surface area contributed by atoms with Gasteiger partial charge in [0.25, 0.3) is 19.7 Å². The molecule has 0 fully saturated rings. The average Bonchev–Trinajstić information content (AvgIpc) is 2.48. The van der Waals surface area contributed by atoms with Crippen LogP contribution in [0.4, 0.5) is 4.79 Å². The van der Waals surface area contributed by atoms with Crippen LogP contribution in [-0.4, -0.2) is 31.3 Å². The molecule has 0 aliphatic rings. The van der Waals surface area contributed by atoms with Gasteiger partial charge in [0.1, 0.15) is 0 Å². The van der Waals surface area contributed by atoms with E-state index in [0.29, 0.717) is 0 Å². The Kier molecular flexibility index (Phi) is 3.64. The summed E-state index contributed by atoms with van der Waals surface area (Å²) >= 11 is 0. The number of rotatable bonds is 2. The van der Waals surface area contributed by atoms with Crippen molar-refractivity contribution in [3.05, 3.63) is 48.8 Å². The van der Waals surface area contributed by atoms with E-state index in [2.05, 4.69) is 9.97 Å². The Labute approximate surface area is 115 Å². The summed E-state index contributed by atoms with van der Waals surface area (Å²) < 4.78 is 45.8. The van der Waals surface area contributed by atoms with Gasteiger partial charge in [-0.3, -0.25) is 4.79 Å². The molecule has 0 amide bonds. The van der Waals surface area contributed by atoms with Crippen molar-refractivity contribution in [2.45, 2.75) is 10.1 Å². The maximum atomic E-state index is 11.9. The zero-order valence-electron chi connectivity index (χ0n) is 9.87. The summed E-state index contributed by atoms with van der Waals surface area (Å²) in [5.74, 6) is 0. The van der Waals surface area contributed by atoms with E-state index in [0.717, 1.165) is 24.5 Å². The molecule has 9 heteroatoms. The number of hydrogen-bond donors (Lipinski definition) is 0. The minimum absolute atomic E-state index is 0.621. The molecular weight excluding hydrogens is 304 g/mol. The van der Waals surface area contributed by atoms with Gasteiger partial charge in [-0.15, -0.1) is 0 Å². The van der Waals surface area contributed by atoms with Gasteiger partial charge in [0.05, 0.1) is 0 Å². The molecule has 0 radical (unpaired) electrons. The number of aromatic nitrogens is 2. The highest BCUT2D eigenvalue weighted by atomic mass is 32.3. The fourth-order valence-corrected chi connectivity index (χ4v) is 4.25. The van der Waals surface area contributed by atoms with Crippen LogP contribution >= 0.6 is 0 Å². The Morgan fingerprint density at radius 3 is 1.45 bits per heavy atom. The molecule has 2 heterocycles. The van der Waals surface area contributed by atoms with Crippen molar-refractivity contribution in [2.24, 2.45) is 0 Å². The van der Waals surface area contributed by atoms with Crippen LogP contribution < -0.4 is 0 Å². The fourth-order valence-electron chi connectivity index (χ4n) is 1.33. The summed E-state index contributed by atoms with van der Waals surface area (Å²) in [6.07, 6.45) is 2.29. The topological polar surface area (TPSA) is 111 Å². The van der Waals surface area contributed by atoms with Crippen LogP contribution in [0.15, 0.2) is 58.8 Å². The van der Waals surface area contributed by atoms with E-state index in [1.54, 1.807) is 0 Å². The van der Waals surface area contributed by atoms with Crippen LogP contribution in [0.5, 0.6) is 0 Å². The first-order valence-electron chi connectivity index (χ1n) is 5.23. The molecule has 104 valence electrons. The summed E-state index contributed by atoms with van der Waals surface area (Å²) in [6.45, 7) is 0. The van der Waals surface area contributed by atoms with E-state index in [4.69, 9.17) is 0 Å². The lowest BCUT2D eigenvalue weighted by Gasteiger charge is -2.03. The van der Waals surface area contributed by atoms with E-state index in [9.17, 15) is 21.6 Å².